The van der Waals surface area contributed by atoms with Crippen LogP contribution in [0.4, 0.5) is 5.69 Å². The first kappa shape index (κ1) is 22.0. The fraction of sp³-hybridized carbons (Fsp3) is 0.348. The van der Waals surface area contributed by atoms with E-state index in [2.05, 4.69) is 15.9 Å². The van der Waals surface area contributed by atoms with E-state index in [9.17, 15) is 14.4 Å². The van der Waals surface area contributed by atoms with Gasteiger partial charge in [0.15, 0.2) is 0 Å². The normalized spacial score (nSPS) is 21.0. The molecule has 0 aliphatic carbocycles. The maximum atomic E-state index is 13.3. The van der Waals surface area contributed by atoms with Crippen LogP contribution < -0.4 is 4.90 Å². The lowest BCUT2D eigenvalue weighted by Gasteiger charge is -2.30. The number of halogens is 2. The average molecular weight is 506 g/mol. The van der Waals surface area contributed by atoms with E-state index >= 15 is 0 Å². The average Bonchev–Trinajstić information content (AvgIpc) is 3.36. The molecule has 6 nitrogen and oxygen atoms in total. The lowest BCUT2D eigenvalue weighted by molar-refractivity contribution is -0.139. The number of rotatable bonds is 6. The third kappa shape index (κ3) is 5.00. The summed E-state index contributed by atoms with van der Waals surface area (Å²) in [6.45, 7) is 0.941. The number of carbonyl (C=O) groups excluding carboxylic acids is 3. The number of anilines is 1. The minimum atomic E-state index is -0.833. The highest BCUT2D eigenvalue weighted by atomic mass is 79.9. The molecule has 2 aromatic carbocycles. The van der Waals surface area contributed by atoms with Crippen molar-refractivity contribution in [2.24, 2.45) is 0 Å². The Morgan fingerprint density at radius 3 is 2.48 bits per heavy atom. The van der Waals surface area contributed by atoms with Gasteiger partial charge in [-0.1, -0.05) is 39.7 Å². The van der Waals surface area contributed by atoms with Gasteiger partial charge in [0.25, 0.3) is 5.91 Å². The first-order valence-corrected chi connectivity index (χ1v) is 11.4. The largest absolute Gasteiger partial charge is 0.376 e. The number of nitrogens with zero attached hydrogens (tertiary/aromatic N) is 2. The molecule has 0 radical (unpaired) electrons. The summed E-state index contributed by atoms with van der Waals surface area (Å²) in [5.74, 6) is -0.898. The van der Waals surface area contributed by atoms with Crippen LogP contribution in [0.5, 0.6) is 0 Å². The first-order chi connectivity index (χ1) is 14.9. The zero-order valence-corrected chi connectivity index (χ0v) is 19.1. The van der Waals surface area contributed by atoms with E-state index in [1.807, 2.05) is 0 Å². The van der Waals surface area contributed by atoms with E-state index in [-0.39, 0.29) is 36.7 Å². The number of hydrogen-bond donors (Lipinski definition) is 0. The van der Waals surface area contributed by atoms with Crippen LogP contribution in [-0.2, 0) is 25.5 Å². The number of ether oxygens (including phenoxy) is 1. The third-order valence-electron chi connectivity index (χ3n) is 5.60. The molecule has 2 aromatic rings. The molecule has 2 aliphatic heterocycles. The molecule has 2 saturated heterocycles. The van der Waals surface area contributed by atoms with Crippen molar-refractivity contribution in [1.29, 1.82) is 0 Å². The second-order valence-corrected chi connectivity index (χ2v) is 9.10. The predicted octanol–water partition coefficient (Wildman–Crippen LogP) is 3.98. The quantitative estimate of drug-likeness (QED) is 0.557. The van der Waals surface area contributed by atoms with Gasteiger partial charge in [-0.15, -0.1) is 0 Å². The number of amides is 3. The molecular weight excluding hydrogens is 484 g/mol. The topological polar surface area (TPSA) is 66.9 Å². The standard InChI is InChI=1S/C23H22BrClN2O4/c24-16-5-9-18(10-6-16)27-22(29)13-20(23(27)30)26(14-19-2-1-11-31-19)21(28)12-15-3-7-17(25)8-4-15/h3-10,19-20H,1-2,11-14H2. The van der Waals surface area contributed by atoms with Gasteiger partial charge in [0.05, 0.1) is 24.6 Å². The van der Waals surface area contributed by atoms with Gasteiger partial charge in [-0.2, -0.15) is 0 Å². The molecule has 0 bridgehead atoms. The van der Waals surface area contributed by atoms with E-state index < -0.39 is 6.04 Å². The second kappa shape index (κ2) is 9.51. The Morgan fingerprint density at radius 1 is 1.13 bits per heavy atom. The van der Waals surface area contributed by atoms with Crippen molar-refractivity contribution in [2.75, 3.05) is 18.1 Å². The number of carbonyl (C=O) groups is 3. The molecule has 2 atom stereocenters. The molecule has 2 heterocycles. The van der Waals surface area contributed by atoms with E-state index in [0.717, 1.165) is 22.9 Å². The van der Waals surface area contributed by atoms with Crippen molar-refractivity contribution in [3.63, 3.8) is 0 Å². The van der Waals surface area contributed by atoms with Gasteiger partial charge >= 0.3 is 0 Å². The minimum Gasteiger partial charge on any atom is -0.376 e. The van der Waals surface area contributed by atoms with Gasteiger partial charge in [-0.25, -0.2) is 4.90 Å². The summed E-state index contributed by atoms with van der Waals surface area (Å²) < 4.78 is 6.57. The highest BCUT2D eigenvalue weighted by Gasteiger charge is 2.45. The Bertz CT molecular complexity index is 974. The van der Waals surface area contributed by atoms with Crippen LogP contribution in [0.3, 0.4) is 0 Å². The number of hydrogen-bond acceptors (Lipinski definition) is 4. The molecule has 2 unspecified atom stereocenters. The monoisotopic (exact) mass is 504 g/mol. The second-order valence-electron chi connectivity index (χ2n) is 7.75. The van der Waals surface area contributed by atoms with Gasteiger partial charge in [-0.3, -0.25) is 14.4 Å². The van der Waals surface area contributed by atoms with E-state index in [0.29, 0.717) is 23.9 Å². The molecular formula is C23H22BrClN2O4. The molecule has 162 valence electrons. The van der Waals surface area contributed by atoms with Crippen molar-refractivity contribution in [2.45, 2.75) is 37.8 Å². The maximum Gasteiger partial charge on any atom is 0.257 e. The van der Waals surface area contributed by atoms with Crippen molar-refractivity contribution in [3.8, 4) is 0 Å². The van der Waals surface area contributed by atoms with Crippen LogP contribution in [-0.4, -0.2) is 47.9 Å². The Balaban J connectivity index is 1.57. The zero-order valence-electron chi connectivity index (χ0n) is 16.8. The number of imide groups is 1. The first-order valence-electron chi connectivity index (χ1n) is 10.2. The van der Waals surface area contributed by atoms with Gasteiger partial charge in [0.2, 0.25) is 11.8 Å². The minimum absolute atomic E-state index is 0.0338. The summed E-state index contributed by atoms with van der Waals surface area (Å²) >= 11 is 9.30. The summed E-state index contributed by atoms with van der Waals surface area (Å²) in [6.07, 6.45) is 1.72. The highest BCUT2D eigenvalue weighted by Crippen LogP contribution is 2.28. The third-order valence-corrected chi connectivity index (χ3v) is 6.38. The van der Waals surface area contributed by atoms with Crippen LogP contribution >= 0.6 is 27.5 Å². The molecule has 0 N–H and O–H groups in total. The molecule has 0 saturated carbocycles. The smallest absolute Gasteiger partial charge is 0.257 e. The van der Waals surface area contributed by atoms with E-state index in [1.54, 1.807) is 48.5 Å². The molecule has 31 heavy (non-hydrogen) atoms. The molecule has 2 fully saturated rings. The van der Waals surface area contributed by atoms with Crippen LogP contribution in [0.1, 0.15) is 24.8 Å². The van der Waals surface area contributed by atoms with Crippen molar-refractivity contribution >= 4 is 50.9 Å². The Labute approximate surface area is 194 Å². The summed E-state index contributed by atoms with van der Waals surface area (Å²) in [4.78, 5) is 42.0. The van der Waals surface area contributed by atoms with Gasteiger partial charge in [0.1, 0.15) is 6.04 Å². The van der Waals surface area contributed by atoms with Crippen molar-refractivity contribution in [3.05, 3.63) is 63.6 Å². The van der Waals surface area contributed by atoms with E-state index in [4.69, 9.17) is 16.3 Å². The Hall–Kier alpha value is -2.22. The molecule has 0 spiro atoms. The fourth-order valence-corrected chi connectivity index (χ4v) is 4.40. The molecule has 8 heteroatoms. The van der Waals surface area contributed by atoms with Crippen LogP contribution in [0.2, 0.25) is 5.02 Å². The molecule has 3 amide bonds. The van der Waals surface area contributed by atoms with Gasteiger partial charge in [-0.05, 0) is 54.8 Å². The maximum absolute atomic E-state index is 13.3. The van der Waals surface area contributed by atoms with Crippen LogP contribution in [0.25, 0.3) is 0 Å². The SMILES string of the molecule is O=C1CC(N(CC2CCCO2)C(=O)Cc2ccc(Cl)cc2)C(=O)N1c1ccc(Br)cc1. The zero-order chi connectivity index (χ0) is 22.0. The highest BCUT2D eigenvalue weighted by molar-refractivity contribution is 9.10. The summed E-state index contributed by atoms with van der Waals surface area (Å²) in [5, 5.41) is 0.592. The lowest BCUT2D eigenvalue weighted by Crippen LogP contribution is -2.49. The van der Waals surface area contributed by atoms with Crippen LogP contribution in [0, 0.1) is 0 Å². The Morgan fingerprint density at radius 2 is 1.84 bits per heavy atom. The summed E-state index contributed by atoms with van der Waals surface area (Å²) in [7, 11) is 0. The summed E-state index contributed by atoms with van der Waals surface area (Å²) in [6, 6.07) is 13.2. The van der Waals surface area contributed by atoms with Crippen LogP contribution in [0.15, 0.2) is 53.0 Å². The lowest BCUT2D eigenvalue weighted by atomic mass is 10.1. The molecule has 2 aliphatic rings. The Kier molecular flexibility index (Phi) is 6.74. The van der Waals surface area contributed by atoms with Gasteiger partial charge < -0.3 is 9.64 Å². The van der Waals surface area contributed by atoms with E-state index in [1.165, 1.54) is 9.80 Å². The summed E-state index contributed by atoms with van der Waals surface area (Å²) in [5.41, 5.74) is 1.30. The van der Waals surface area contributed by atoms with Crippen molar-refractivity contribution < 1.29 is 19.1 Å². The number of benzene rings is 2. The molecule has 0 aromatic heterocycles. The van der Waals surface area contributed by atoms with Crippen molar-refractivity contribution in [1.82, 2.24) is 4.90 Å². The van der Waals surface area contributed by atoms with Gasteiger partial charge in [0, 0.05) is 22.6 Å². The molecule has 4 rings (SSSR count). The fourth-order valence-electron chi connectivity index (χ4n) is 4.01. The predicted molar refractivity (Wildman–Crippen MR) is 121 cm³/mol.